The molecule has 35 heavy (non-hydrogen) atoms. The minimum absolute atomic E-state index is 0.111. The van der Waals surface area contributed by atoms with Gasteiger partial charge in [-0.2, -0.15) is 0 Å². The number of nitro groups is 1. The van der Waals surface area contributed by atoms with Gasteiger partial charge in [-0.05, 0) is 24.3 Å². The molecule has 1 aliphatic heterocycles. The van der Waals surface area contributed by atoms with Crippen molar-refractivity contribution in [3.63, 3.8) is 0 Å². The molecule has 0 saturated carbocycles. The Kier molecular flexibility index (Phi) is 6.94. The van der Waals surface area contributed by atoms with Crippen molar-refractivity contribution < 1.29 is 14.5 Å². The number of nitrogens with zero attached hydrogens (tertiary/aromatic N) is 5. The zero-order valence-electron chi connectivity index (χ0n) is 18.0. The lowest BCUT2D eigenvalue weighted by Gasteiger charge is -2.19. The van der Waals surface area contributed by atoms with Crippen LogP contribution < -0.4 is 21.3 Å². The van der Waals surface area contributed by atoms with Crippen LogP contribution in [0.5, 0.6) is 0 Å². The quantitative estimate of drug-likeness (QED) is 0.174. The first-order valence-corrected chi connectivity index (χ1v) is 11.1. The van der Waals surface area contributed by atoms with Crippen molar-refractivity contribution in [1.82, 2.24) is 15.0 Å². The minimum Gasteiger partial charge on any atom is -0.378 e. The molecule has 0 atom stereocenters. The molecular weight excluding hydrogens is 499 g/mol. The summed E-state index contributed by atoms with van der Waals surface area (Å²) in [5, 5.41) is 17.6. The van der Waals surface area contributed by atoms with E-state index in [0.29, 0.717) is 40.2 Å². The average Bonchev–Trinajstić information content (AvgIpc) is 3.14. The summed E-state index contributed by atoms with van der Waals surface area (Å²) in [6.07, 6.45) is 1.61. The van der Waals surface area contributed by atoms with Crippen LogP contribution in [-0.4, -0.2) is 44.8 Å². The predicted molar refractivity (Wildman–Crippen MR) is 131 cm³/mol. The monoisotopic (exact) mass is 516 g/mol. The van der Waals surface area contributed by atoms with E-state index >= 15 is 0 Å². The fraction of sp³-hybridized carbons (Fsp3) is 0.190. The highest BCUT2D eigenvalue weighted by atomic mass is 35.5. The summed E-state index contributed by atoms with van der Waals surface area (Å²) in [5.41, 5.74) is 6.33. The standard InChI is InChI=1S/C21H18Cl2N8O4/c22-11-1-2-12(13(23)9-11)19-15(30-17(32)5-6-18(30)33)10-27-21(29-19)26-8-7-25-16-4-3-14(31(34)35)20(24)28-16/h1-4,9-10H,5-8H2,(H3,24,25,28)(H,26,27,29). The summed E-state index contributed by atoms with van der Waals surface area (Å²) in [4.78, 5) is 48.7. The third-order valence-corrected chi connectivity index (χ3v) is 5.61. The summed E-state index contributed by atoms with van der Waals surface area (Å²) >= 11 is 12.4. The van der Waals surface area contributed by atoms with Crippen molar-refractivity contribution in [2.75, 3.05) is 34.4 Å². The Morgan fingerprint density at radius 3 is 2.43 bits per heavy atom. The molecule has 3 aromatic rings. The highest BCUT2D eigenvalue weighted by Crippen LogP contribution is 2.37. The summed E-state index contributed by atoms with van der Waals surface area (Å²) < 4.78 is 0. The van der Waals surface area contributed by atoms with E-state index in [9.17, 15) is 19.7 Å². The molecule has 14 heteroatoms. The van der Waals surface area contributed by atoms with E-state index in [1.165, 1.54) is 24.4 Å². The Balaban J connectivity index is 1.53. The maximum absolute atomic E-state index is 12.3. The van der Waals surface area contributed by atoms with Gasteiger partial charge in [0.15, 0.2) is 0 Å². The van der Waals surface area contributed by atoms with Crippen LogP contribution >= 0.6 is 23.2 Å². The first kappa shape index (κ1) is 24.1. The van der Waals surface area contributed by atoms with Gasteiger partial charge in [0.05, 0.1) is 21.8 Å². The lowest BCUT2D eigenvalue weighted by atomic mass is 10.1. The number of hydrogen-bond acceptors (Lipinski definition) is 10. The molecule has 0 spiro atoms. The lowest BCUT2D eigenvalue weighted by molar-refractivity contribution is -0.384. The van der Waals surface area contributed by atoms with Crippen LogP contribution in [0.2, 0.25) is 10.0 Å². The van der Waals surface area contributed by atoms with Gasteiger partial charge >= 0.3 is 5.69 Å². The minimum atomic E-state index is -0.609. The predicted octanol–water partition coefficient (Wildman–Crippen LogP) is 3.51. The third-order valence-electron chi connectivity index (χ3n) is 5.06. The molecule has 1 saturated heterocycles. The van der Waals surface area contributed by atoms with Gasteiger partial charge in [0.2, 0.25) is 23.6 Å². The smallest absolute Gasteiger partial charge is 0.311 e. The van der Waals surface area contributed by atoms with Crippen LogP contribution in [0, 0.1) is 10.1 Å². The maximum Gasteiger partial charge on any atom is 0.311 e. The van der Waals surface area contributed by atoms with E-state index in [0.717, 1.165) is 4.90 Å². The molecule has 0 bridgehead atoms. The molecule has 2 aromatic heterocycles. The van der Waals surface area contributed by atoms with Gasteiger partial charge in [0.1, 0.15) is 11.5 Å². The summed E-state index contributed by atoms with van der Waals surface area (Å²) in [6.45, 7) is 0.697. The SMILES string of the molecule is Nc1nc(NCCNc2ncc(N3C(=O)CCC3=O)c(-c3ccc(Cl)cc3Cl)n2)ccc1[N+](=O)[O-]. The normalized spacial score (nSPS) is 13.3. The highest BCUT2D eigenvalue weighted by Gasteiger charge is 2.33. The number of hydrogen-bond donors (Lipinski definition) is 3. The Bertz CT molecular complexity index is 1320. The van der Waals surface area contributed by atoms with Crippen molar-refractivity contribution in [3.05, 3.63) is 56.7 Å². The van der Waals surface area contributed by atoms with Crippen LogP contribution in [0.25, 0.3) is 11.3 Å². The Hall–Kier alpha value is -4.03. The van der Waals surface area contributed by atoms with Gasteiger partial charge in [-0.25, -0.2) is 19.9 Å². The van der Waals surface area contributed by atoms with E-state index in [-0.39, 0.29) is 47.8 Å². The van der Waals surface area contributed by atoms with Crippen molar-refractivity contribution in [2.45, 2.75) is 12.8 Å². The largest absolute Gasteiger partial charge is 0.378 e. The number of pyridine rings is 1. The fourth-order valence-corrected chi connectivity index (χ4v) is 3.93. The van der Waals surface area contributed by atoms with Crippen LogP contribution in [0.3, 0.4) is 0 Å². The molecule has 2 amide bonds. The highest BCUT2D eigenvalue weighted by molar-refractivity contribution is 6.36. The first-order valence-electron chi connectivity index (χ1n) is 10.3. The molecule has 0 aliphatic carbocycles. The van der Waals surface area contributed by atoms with Crippen LogP contribution in [0.15, 0.2) is 36.5 Å². The number of nitrogen functional groups attached to an aromatic ring is 1. The number of amides is 2. The van der Waals surface area contributed by atoms with E-state index in [1.54, 1.807) is 12.1 Å². The number of anilines is 4. The molecule has 180 valence electrons. The van der Waals surface area contributed by atoms with Crippen LogP contribution in [-0.2, 0) is 9.59 Å². The van der Waals surface area contributed by atoms with Crippen LogP contribution in [0.4, 0.5) is 29.0 Å². The molecule has 1 aliphatic rings. The molecule has 4 rings (SSSR count). The van der Waals surface area contributed by atoms with Gasteiger partial charge in [0.25, 0.3) is 0 Å². The number of rotatable bonds is 8. The van der Waals surface area contributed by atoms with Crippen molar-refractivity contribution in [3.8, 4) is 11.3 Å². The molecule has 0 unspecified atom stereocenters. The van der Waals surface area contributed by atoms with Gasteiger partial charge in [-0.15, -0.1) is 0 Å². The van der Waals surface area contributed by atoms with Gasteiger partial charge in [-0.3, -0.25) is 19.7 Å². The second kappa shape index (κ2) is 10.1. The topological polar surface area (TPSA) is 169 Å². The number of carbonyl (C=O) groups is 2. The number of carbonyl (C=O) groups excluding carboxylic acids is 2. The van der Waals surface area contributed by atoms with E-state index in [2.05, 4.69) is 25.6 Å². The summed E-state index contributed by atoms with van der Waals surface area (Å²) in [7, 11) is 0. The number of halogens is 2. The molecule has 12 nitrogen and oxygen atoms in total. The lowest BCUT2D eigenvalue weighted by Crippen LogP contribution is -2.29. The number of nitrogens with one attached hydrogen (secondary N) is 2. The molecule has 1 aromatic carbocycles. The third kappa shape index (κ3) is 5.23. The van der Waals surface area contributed by atoms with Crippen molar-refractivity contribution in [2.24, 2.45) is 0 Å². The van der Waals surface area contributed by atoms with E-state index in [1.807, 2.05) is 0 Å². The summed E-state index contributed by atoms with van der Waals surface area (Å²) in [6, 6.07) is 7.53. The average molecular weight is 517 g/mol. The van der Waals surface area contributed by atoms with Crippen LogP contribution in [0.1, 0.15) is 12.8 Å². The molecule has 1 fully saturated rings. The second-order valence-corrected chi connectivity index (χ2v) is 8.23. The van der Waals surface area contributed by atoms with Gasteiger partial charge < -0.3 is 16.4 Å². The van der Waals surface area contributed by atoms with Gasteiger partial charge in [-0.1, -0.05) is 23.2 Å². The second-order valence-electron chi connectivity index (χ2n) is 7.39. The maximum atomic E-state index is 12.3. The number of aromatic nitrogens is 3. The molecular formula is C21H18Cl2N8O4. The zero-order chi connectivity index (χ0) is 25.1. The molecule has 4 N–H and O–H groups in total. The fourth-order valence-electron chi connectivity index (χ4n) is 3.43. The zero-order valence-corrected chi connectivity index (χ0v) is 19.5. The van der Waals surface area contributed by atoms with Crippen molar-refractivity contribution in [1.29, 1.82) is 0 Å². The van der Waals surface area contributed by atoms with Crippen molar-refractivity contribution >= 4 is 64.0 Å². The molecule has 0 radical (unpaired) electrons. The van der Waals surface area contributed by atoms with E-state index in [4.69, 9.17) is 28.9 Å². The Morgan fingerprint density at radius 1 is 1.06 bits per heavy atom. The Labute approximate surface area is 208 Å². The number of imide groups is 1. The number of nitrogens with two attached hydrogens (primary N) is 1. The Morgan fingerprint density at radius 2 is 1.77 bits per heavy atom. The first-order chi connectivity index (χ1) is 16.7. The number of benzene rings is 1. The molecule has 3 heterocycles. The van der Waals surface area contributed by atoms with Gasteiger partial charge in [0, 0.05) is 42.6 Å². The van der Waals surface area contributed by atoms with E-state index < -0.39 is 4.92 Å². The summed E-state index contributed by atoms with van der Waals surface area (Å²) in [5.74, 6) is -0.283.